The van der Waals surface area contributed by atoms with Gasteiger partial charge in [0.25, 0.3) is 5.56 Å². The average Bonchev–Trinajstić information content (AvgIpc) is 3.17. The molecule has 0 saturated carbocycles. The van der Waals surface area contributed by atoms with Crippen molar-refractivity contribution in [1.29, 1.82) is 0 Å². The van der Waals surface area contributed by atoms with E-state index in [9.17, 15) is 14.7 Å². The number of nitrogens with zero attached hydrogens (tertiary/aromatic N) is 3. The first-order valence-corrected chi connectivity index (χ1v) is 10.8. The highest BCUT2D eigenvalue weighted by Crippen LogP contribution is 2.26. The molecular weight excluding hydrogens is 404 g/mol. The summed E-state index contributed by atoms with van der Waals surface area (Å²) in [5.41, 5.74) is 4.56. The number of aromatic carboxylic acids is 1. The zero-order valence-corrected chi connectivity index (χ0v) is 18.4. The summed E-state index contributed by atoms with van der Waals surface area (Å²) >= 11 is 0. The number of H-pyrrole nitrogens is 1. The highest BCUT2D eigenvalue weighted by molar-refractivity contribution is 5.96. The lowest BCUT2D eigenvalue weighted by Crippen LogP contribution is -2.16. The van der Waals surface area contributed by atoms with Crippen molar-refractivity contribution in [3.8, 4) is 11.1 Å². The Kier molecular flexibility index (Phi) is 5.90. The lowest BCUT2D eigenvalue weighted by Gasteiger charge is -2.12. The van der Waals surface area contributed by atoms with E-state index in [0.29, 0.717) is 23.1 Å². The number of nitrogens with one attached hydrogen (secondary N) is 1. The molecule has 0 aliphatic carbocycles. The van der Waals surface area contributed by atoms with Gasteiger partial charge in [-0.05, 0) is 29.2 Å². The third-order valence-electron chi connectivity index (χ3n) is 5.54. The summed E-state index contributed by atoms with van der Waals surface area (Å²) in [5.74, 6) is 0.0287. The number of carbonyl (C=O) groups is 1. The number of aromatic nitrogens is 4. The van der Waals surface area contributed by atoms with Gasteiger partial charge in [-0.3, -0.25) is 4.79 Å². The SMILES string of the molecule is CCCc1n[nH]c(=O)c2c1nc(C(C)C)n2Cc1ccc(-c2ccccc2C(=O)O)cc1. The number of aromatic amines is 1. The lowest BCUT2D eigenvalue weighted by atomic mass is 9.98. The van der Waals surface area contributed by atoms with Crippen LogP contribution in [0.2, 0.25) is 0 Å². The summed E-state index contributed by atoms with van der Waals surface area (Å²) in [7, 11) is 0. The molecule has 2 heterocycles. The Morgan fingerprint density at radius 3 is 2.50 bits per heavy atom. The normalized spacial score (nSPS) is 11.4. The standard InChI is InChI=1S/C25H26N4O3/c1-4-7-20-21-22(24(30)28-27-20)29(23(26-21)15(2)3)14-16-10-12-17(13-11-16)18-8-5-6-9-19(18)25(31)32/h5-6,8-13,15H,4,7,14H2,1-3H3,(H,28,30)(H,31,32). The van der Waals surface area contributed by atoms with E-state index >= 15 is 0 Å². The van der Waals surface area contributed by atoms with Crippen LogP contribution in [0.4, 0.5) is 0 Å². The smallest absolute Gasteiger partial charge is 0.336 e. The number of carboxylic acid groups (broad SMARTS) is 1. The van der Waals surface area contributed by atoms with Crippen molar-refractivity contribution in [1.82, 2.24) is 19.7 Å². The molecule has 4 rings (SSSR count). The zero-order chi connectivity index (χ0) is 22.8. The molecule has 2 aromatic heterocycles. The fraction of sp³-hybridized carbons (Fsp3) is 0.280. The molecule has 2 aromatic carbocycles. The minimum absolute atomic E-state index is 0.137. The molecule has 32 heavy (non-hydrogen) atoms. The van der Waals surface area contributed by atoms with Crippen molar-refractivity contribution < 1.29 is 9.90 Å². The first-order valence-electron chi connectivity index (χ1n) is 10.8. The molecule has 0 spiro atoms. The second-order valence-corrected chi connectivity index (χ2v) is 8.21. The Morgan fingerprint density at radius 1 is 1.12 bits per heavy atom. The van der Waals surface area contributed by atoms with Crippen LogP contribution in [-0.2, 0) is 13.0 Å². The Balaban J connectivity index is 1.76. The van der Waals surface area contributed by atoms with Gasteiger partial charge in [-0.15, -0.1) is 0 Å². The number of hydrogen-bond donors (Lipinski definition) is 2. The van der Waals surface area contributed by atoms with Gasteiger partial charge in [0.1, 0.15) is 16.9 Å². The van der Waals surface area contributed by atoms with Crippen LogP contribution < -0.4 is 5.56 Å². The molecule has 0 saturated heterocycles. The van der Waals surface area contributed by atoms with Gasteiger partial charge in [-0.2, -0.15) is 5.10 Å². The van der Waals surface area contributed by atoms with Gasteiger partial charge in [0.05, 0.1) is 11.3 Å². The Hall–Kier alpha value is -3.74. The van der Waals surface area contributed by atoms with E-state index in [1.165, 1.54) is 0 Å². The molecule has 0 aliphatic rings. The second-order valence-electron chi connectivity index (χ2n) is 8.21. The number of benzene rings is 2. The number of hydrogen-bond acceptors (Lipinski definition) is 4. The second kappa shape index (κ2) is 8.78. The number of aryl methyl sites for hydroxylation is 1. The highest BCUT2D eigenvalue weighted by atomic mass is 16.4. The van der Waals surface area contributed by atoms with Crippen molar-refractivity contribution in [3.05, 3.63) is 81.5 Å². The van der Waals surface area contributed by atoms with Crippen LogP contribution in [0, 0.1) is 0 Å². The van der Waals surface area contributed by atoms with Gasteiger partial charge in [0, 0.05) is 12.5 Å². The van der Waals surface area contributed by atoms with E-state index in [-0.39, 0.29) is 17.0 Å². The zero-order valence-electron chi connectivity index (χ0n) is 18.4. The fourth-order valence-electron chi connectivity index (χ4n) is 4.03. The molecule has 0 aliphatic heterocycles. The quantitative estimate of drug-likeness (QED) is 0.446. The van der Waals surface area contributed by atoms with Crippen LogP contribution in [-0.4, -0.2) is 30.8 Å². The van der Waals surface area contributed by atoms with Gasteiger partial charge in [0.15, 0.2) is 0 Å². The molecule has 0 amide bonds. The molecule has 7 heteroatoms. The molecule has 7 nitrogen and oxygen atoms in total. The number of carboxylic acids is 1. The van der Waals surface area contributed by atoms with Crippen molar-refractivity contribution in [2.24, 2.45) is 0 Å². The summed E-state index contributed by atoms with van der Waals surface area (Å²) in [6, 6.07) is 14.7. The predicted molar refractivity (Wildman–Crippen MR) is 124 cm³/mol. The Bertz CT molecular complexity index is 1330. The summed E-state index contributed by atoms with van der Waals surface area (Å²) < 4.78 is 1.97. The molecule has 164 valence electrons. The molecule has 2 N–H and O–H groups in total. The Morgan fingerprint density at radius 2 is 1.84 bits per heavy atom. The van der Waals surface area contributed by atoms with Gasteiger partial charge >= 0.3 is 5.97 Å². The molecule has 0 bridgehead atoms. The fourth-order valence-corrected chi connectivity index (χ4v) is 4.03. The van der Waals surface area contributed by atoms with E-state index in [1.807, 2.05) is 34.9 Å². The number of rotatable bonds is 7. The topological polar surface area (TPSA) is 101 Å². The first-order chi connectivity index (χ1) is 15.4. The largest absolute Gasteiger partial charge is 0.478 e. The van der Waals surface area contributed by atoms with Crippen LogP contribution >= 0.6 is 0 Å². The summed E-state index contributed by atoms with van der Waals surface area (Å²) in [4.78, 5) is 29.0. The van der Waals surface area contributed by atoms with Crippen LogP contribution in [0.15, 0.2) is 53.3 Å². The molecular formula is C25H26N4O3. The van der Waals surface area contributed by atoms with Gasteiger partial charge in [-0.25, -0.2) is 14.9 Å². The summed E-state index contributed by atoms with van der Waals surface area (Å²) in [6.07, 6.45) is 1.66. The van der Waals surface area contributed by atoms with E-state index in [4.69, 9.17) is 4.98 Å². The minimum Gasteiger partial charge on any atom is -0.478 e. The lowest BCUT2D eigenvalue weighted by molar-refractivity contribution is 0.0697. The van der Waals surface area contributed by atoms with Gasteiger partial charge in [-0.1, -0.05) is 69.7 Å². The molecule has 0 fully saturated rings. The summed E-state index contributed by atoms with van der Waals surface area (Å²) in [5, 5.41) is 16.3. The van der Waals surface area contributed by atoms with Crippen molar-refractivity contribution in [2.45, 2.75) is 46.1 Å². The Labute approximate surface area is 185 Å². The van der Waals surface area contributed by atoms with Gasteiger partial charge in [0.2, 0.25) is 0 Å². The van der Waals surface area contributed by atoms with Crippen molar-refractivity contribution in [2.75, 3.05) is 0 Å². The van der Waals surface area contributed by atoms with E-state index in [2.05, 4.69) is 31.0 Å². The highest BCUT2D eigenvalue weighted by Gasteiger charge is 2.20. The summed E-state index contributed by atoms with van der Waals surface area (Å²) in [6.45, 7) is 6.68. The third kappa shape index (κ3) is 3.93. The van der Waals surface area contributed by atoms with Crippen molar-refractivity contribution >= 4 is 17.0 Å². The minimum atomic E-state index is -0.952. The molecule has 0 unspecified atom stereocenters. The van der Waals surface area contributed by atoms with Crippen LogP contribution in [0.1, 0.15) is 60.5 Å². The van der Waals surface area contributed by atoms with Crippen LogP contribution in [0.3, 0.4) is 0 Å². The molecule has 4 aromatic rings. The monoisotopic (exact) mass is 430 g/mol. The number of imidazole rings is 1. The van der Waals surface area contributed by atoms with E-state index < -0.39 is 5.97 Å². The van der Waals surface area contributed by atoms with Crippen LogP contribution in [0.5, 0.6) is 0 Å². The molecule has 0 atom stereocenters. The van der Waals surface area contributed by atoms with E-state index in [1.54, 1.807) is 18.2 Å². The predicted octanol–water partition coefficient (Wildman–Crippen LogP) is 4.61. The number of fused-ring (bicyclic) bond motifs is 1. The maximum Gasteiger partial charge on any atom is 0.336 e. The molecule has 0 radical (unpaired) electrons. The average molecular weight is 431 g/mol. The maximum absolute atomic E-state index is 12.7. The van der Waals surface area contributed by atoms with E-state index in [0.717, 1.165) is 35.5 Å². The van der Waals surface area contributed by atoms with Gasteiger partial charge < -0.3 is 9.67 Å². The third-order valence-corrected chi connectivity index (χ3v) is 5.54. The maximum atomic E-state index is 12.7. The van der Waals surface area contributed by atoms with Crippen LogP contribution in [0.25, 0.3) is 22.2 Å². The van der Waals surface area contributed by atoms with Crippen molar-refractivity contribution in [3.63, 3.8) is 0 Å². The first kappa shape index (κ1) is 21.5.